The van der Waals surface area contributed by atoms with Crippen LogP contribution in [0, 0.1) is 10.8 Å². The fraction of sp³-hybridized carbons (Fsp3) is 0.455. The fourth-order valence-corrected chi connectivity index (χ4v) is 8.68. The Morgan fingerprint density at radius 3 is 1.22 bits per heavy atom. The maximum absolute atomic E-state index is 9.61. The van der Waals surface area contributed by atoms with Crippen LogP contribution in [0.2, 0.25) is 0 Å². The first-order valence-corrected chi connectivity index (χ1v) is 18.4. The van der Waals surface area contributed by atoms with E-state index in [-0.39, 0.29) is 0 Å². The van der Waals surface area contributed by atoms with Crippen molar-refractivity contribution in [3.8, 4) is 22.3 Å². The molecule has 0 spiro atoms. The Bertz CT molecular complexity index is 1660. The van der Waals surface area contributed by atoms with Crippen LogP contribution >= 0.6 is 0 Å². The van der Waals surface area contributed by atoms with Gasteiger partial charge in [-0.25, -0.2) is 0 Å². The molecule has 0 saturated heterocycles. The molecule has 242 valence electrons. The Labute approximate surface area is 279 Å². The SMILES string of the molecule is CCC(CC)c1cccc(C(CC)CC)c1-c1cc2cccc3c2c(c1-c1c(C(CC)CC)cccc1C(CC)CC)C(=N)C3=N. The van der Waals surface area contributed by atoms with Crippen molar-refractivity contribution in [2.24, 2.45) is 0 Å². The largest absolute Gasteiger partial charge is 0.298 e. The molecule has 0 aliphatic heterocycles. The Morgan fingerprint density at radius 1 is 0.413 bits per heavy atom. The van der Waals surface area contributed by atoms with E-state index in [1.165, 1.54) is 44.5 Å². The summed E-state index contributed by atoms with van der Waals surface area (Å²) in [6.07, 6.45) is 8.70. The maximum Gasteiger partial charge on any atom is 0.0880 e. The van der Waals surface area contributed by atoms with Gasteiger partial charge in [-0.3, -0.25) is 10.8 Å². The molecule has 4 aromatic rings. The second kappa shape index (κ2) is 14.5. The van der Waals surface area contributed by atoms with Crippen LogP contribution in [0.4, 0.5) is 0 Å². The monoisotopic (exact) mass is 612 g/mol. The molecule has 46 heavy (non-hydrogen) atoms. The average Bonchev–Trinajstić information content (AvgIpc) is 3.34. The van der Waals surface area contributed by atoms with Crippen molar-refractivity contribution < 1.29 is 0 Å². The van der Waals surface area contributed by atoms with E-state index >= 15 is 0 Å². The molecule has 0 aromatic heterocycles. The van der Waals surface area contributed by atoms with Crippen LogP contribution in [0.3, 0.4) is 0 Å². The van der Waals surface area contributed by atoms with Gasteiger partial charge in [-0.15, -0.1) is 0 Å². The second-order valence-corrected chi connectivity index (χ2v) is 13.5. The lowest BCUT2D eigenvalue weighted by molar-refractivity contribution is 0.625. The minimum absolute atomic E-state index is 0.358. The second-order valence-electron chi connectivity index (χ2n) is 13.5. The Hall–Kier alpha value is -3.52. The van der Waals surface area contributed by atoms with Crippen LogP contribution in [0.1, 0.15) is 164 Å². The number of hydrogen-bond donors (Lipinski definition) is 2. The zero-order valence-corrected chi connectivity index (χ0v) is 29.7. The first-order valence-electron chi connectivity index (χ1n) is 18.4. The first-order chi connectivity index (χ1) is 22.3. The number of nitrogens with one attached hydrogen (secondary N) is 2. The summed E-state index contributed by atoms with van der Waals surface area (Å²) in [4.78, 5) is 0. The molecule has 5 rings (SSSR count). The summed E-state index contributed by atoms with van der Waals surface area (Å²) in [6.45, 7) is 18.6. The van der Waals surface area contributed by atoms with Crippen molar-refractivity contribution in [3.05, 3.63) is 94.0 Å². The smallest absolute Gasteiger partial charge is 0.0880 e. The zero-order chi connectivity index (χ0) is 33.1. The maximum atomic E-state index is 9.61. The van der Waals surface area contributed by atoms with Gasteiger partial charge >= 0.3 is 0 Å². The van der Waals surface area contributed by atoms with Gasteiger partial charge in [0.25, 0.3) is 0 Å². The lowest BCUT2D eigenvalue weighted by Crippen LogP contribution is -2.13. The van der Waals surface area contributed by atoms with Gasteiger partial charge in [-0.05, 0) is 125 Å². The van der Waals surface area contributed by atoms with Crippen molar-refractivity contribution in [2.75, 3.05) is 0 Å². The fourth-order valence-electron chi connectivity index (χ4n) is 8.68. The van der Waals surface area contributed by atoms with Gasteiger partial charge in [0.2, 0.25) is 0 Å². The molecule has 2 N–H and O–H groups in total. The third kappa shape index (κ3) is 5.56. The van der Waals surface area contributed by atoms with Crippen LogP contribution in [-0.4, -0.2) is 11.4 Å². The van der Waals surface area contributed by atoms with Gasteiger partial charge in [-0.2, -0.15) is 0 Å². The van der Waals surface area contributed by atoms with Crippen molar-refractivity contribution in [3.63, 3.8) is 0 Å². The Balaban J connectivity index is 2.09. The normalized spacial score (nSPS) is 13.0. The molecule has 0 radical (unpaired) electrons. The zero-order valence-electron chi connectivity index (χ0n) is 29.7. The van der Waals surface area contributed by atoms with Crippen LogP contribution in [0.5, 0.6) is 0 Å². The van der Waals surface area contributed by atoms with Gasteiger partial charge in [0.15, 0.2) is 0 Å². The Morgan fingerprint density at radius 2 is 0.804 bits per heavy atom. The van der Waals surface area contributed by atoms with Crippen LogP contribution in [0.25, 0.3) is 33.0 Å². The minimum Gasteiger partial charge on any atom is -0.298 e. The number of hydrogen-bond acceptors (Lipinski definition) is 2. The highest BCUT2D eigenvalue weighted by Crippen LogP contribution is 2.52. The van der Waals surface area contributed by atoms with Crippen molar-refractivity contribution in [2.45, 2.75) is 130 Å². The molecule has 2 nitrogen and oxygen atoms in total. The lowest BCUT2D eigenvalue weighted by atomic mass is 9.73. The molecule has 0 fully saturated rings. The molecular weight excluding hydrogens is 556 g/mol. The molecule has 1 aliphatic carbocycles. The molecule has 0 saturated carbocycles. The molecule has 0 atom stereocenters. The molecule has 0 heterocycles. The highest BCUT2D eigenvalue weighted by molar-refractivity contribution is 6.60. The van der Waals surface area contributed by atoms with E-state index in [1.54, 1.807) is 0 Å². The number of rotatable bonds is 14. The number of benzene rings is 4. The van der Waals surface area contributed by atoms with Crippen molar-refractivity contribution in [1.29, 1.82) is 10.8 Å². The van der Waals surface area contributed by atoms with E-state index in [1.807, 2.05) is 0 Å². The molecule has 1 aliphatic rings. The van der Waals surface area contributed by atoms with E-state index in [0.29, 0.717) is 35.1 Å². The quantitative estimate of drug-likeness (QED) is 0.142. The van der Waals surface area contributed by atoms with Crippen LogP contribution < -0.4 is 0 Å². The summed E-state index contributed by atoms with van der Waals surface area (Å²) >= 11 is 0. The van der Waals surface area contributed by atoms with E-state index in [4.69, 9.17) is 0 Å². The van der Waals surface area contributed by atoms with Gasteiger partial charge in [0, 0.05) is 22.1 Å². The lowest BCUT2D eigenvalue weighted by Gasteiger charge is -2.30. The van der Waals surface area contributed by atoms with Gasteiger partial charge in [-0.1, -0.05) is 110 Å². The summed E-state index contributed by atoms with van der Waals surface area (Å²) in [7, 11) is 0. The Kier molecular flexibility index (Phi) is 10.7. The third-order valence-electron chi connectivity index (χ3n) is 11.4. The molecule has 0 bridgehead atoms. The van der Waals surface area contributed by atoms with Crippen molar-refractivity contribution in [1.82, 2.24) is 0 Å². The summed E-state index contributed by atoms with van der Waals surface area (Å²) in [5.74, 6) is 1.77. The van der Waals surface area contributed by atoms with Gasteiger partial charge in [0.05, 0.1) is 11.4 Å². The van der Waals surface area contributed by atoms with Crippen molar-refractivity contribution >= 4 is 22.2 Å². The molecule has 2 heteroatoms. The predicted molar refractivity (Wildman–Crippen MR) is 202 cm³/mol. The summed E-state index contributed by atoms with van der Waals surface area (Å²) < 4.78 is 0. The van der Waals surface area contributed by atoms with Gasteiger partial charge < -0.3 is 0 Å². The highest BCUT2D eigenvalue weighted by atomic mass is 14.6. The van der Waals surface area contributed by atoms with E-state index < -0.39 is 0 Å². The third-order valence-corrected chi connectivity index (χ3v) is 11.4. The summed E-state index contributed by atoms with van der Waals surface area (Å²) in [5, 5.41) is 21.0. The molecule has 0 amide bonds. The summed E-state index contributed by atoms with van der Waals surface area (Å²) in [6, 6.07) is 22.9. The first kappa shape index (κ1) is 33.8. The van der Waals surface area contributed by atoms with E-state index in [9.17, 15) is 10.8 Å². The predicted octanol–water partition coefficient (Wildman–Crippen LogP) is 13.5. The summed E-state index contributed by atoms with van der Waals surface area (Å²) in [5.41, 5.74) is 13.6. The molecule has 0 unspecified atom stereocenters. The minimum atomic E-state index is 0.358. The average molecular weight is 613 g/mol. The van der Waals surface area contributed by atoms with E-state index in [0.717, 1.165) is 73.3 Å². The molecule has 4 aromatic carbocycles. The van der Waals surface area contributed by atoms with Crippen LogP contribution in [0.15, 0.2) is 60.7 Å². The van der Waals surface area contributed by atoms with Gasteiger partial charge in [0.1, 0.15) is 0 Å². The van der Waals surface area contributed by atoms with E-state index in [2.05, 4.69) is 116 Å². The highest BCUT2D eigenvalue weighted by Gasteiger charge is 2.34. The molecular formula is C44H56N2. The topological polar surface area (TPSA) is 47.7 Å². The standard InChI is InChI=1S/C44H56N2/c1-9-27(10-2)32-21-18-22-33(28(11-3)12-4)39(32)37-26-31-20-17-25-36-38(31)42(44(46)43(36)45)41(37)40-34(29(13-5)14-6)23-19-24-35(40)30(15-7)16-8/h17-30,45-46H,9-16H2,1-8H3. The van der Waals surface area contributed by atoms with Crippen LogP contribution in [-0.2, 0) is 0 Å².